The molecule has 1 aromatic heterocycles. The fraction of sp³-hybridized carbons (Fsp3) is 0.769. The normalized spacial score (nSPS) is 16.9. The van der Waals surface area contributed by atoms with Gasteiger partial charge in [-0.1, -0.05) is 13.8 Å². The van der Waals surface area contributed by atoms with E-state index in [0.717, 1.165) is 13.1 Å². The summed E-state index contributed by atoms with van der Waals surface area (Å²) in [5, 5.41) is 15.9. The van der Waals surface area contributed by atoms with Crippen molar-refractivity contribution < 1.29 is 9.84 Å². The van der Waals surface area contributed by atoms with Crippen LogP contribution in [-0.2, 0) is 4.74 Å². The number of hydrogen-bond donors (Lipinski definition) is 3. The third-order valence-electron chi connectivity index (χ3n) is 3.38. The molecule has 0 amide bonds. The van der Waals surface area contributed by atoms with Crippen molar-refractivity contribution in [3.05, 3.63) is 0 Å². The van der Waals surface area contributed by atoms with E-state index in [1.807, 2.05) is 13.8 Å². The lowest BCUT2D eigenvalue weighted by atomic mass is 10.1. The number of anilines is 3. The van der Waals surface area contributed by atoms with Gasteiger partial charge < -0.3 is 25.4 Å². The average Bonchev–Trinajstić information content (AvgIpc) is 2.52. The largest absolute Gasteiger partial charge is 0.391 e. The number of rotatable bonds is 6. The summed E-state index contributed by atoms with van der Waals surface area (Å²) in [6.45, 7) is 7.23. The van der Waals surface area contributed by atoms with Crippen LogP contribution in [-0.4, -0.2) is 66.1 Å². The molecule has 2 heterocycles. The molecule has 21 heavy (non-hydrogen) atoms. The van der Waals surface area contributed by atoms with E-state index in [-0.39, 0.29) is 5.92 Å². The van der Waals surface area contributed by atoms with E-state index in [2.05, 4.69) is 30.5 Å². The van der Waals surface area contributed by atoms with Crippen LogP contribution in [0, 0.1) is 5.92 Å². The quantitative estimate of drug-likeness (QED) is 0.684. The zero-order valence-electron chi connectivity index (χ0n) is 12.8. The first-order chi connectivity index (χ1) is 10.1. The third kappa shape index (κ3) is 4.40. The molecule has 1 aliphatic rings. The Morgan fingerprint density at radius 1 is 1.19 bits per heavy atom. The summed E-state index contributed by atoms with van der Waals surface area (Å²) in [6, 6.07) is 0. The molecule has 0 spiro atoms. The topological polar surface area (TPSA) is 95.4 Å². The Hall–Kier alpha value is -1.67. The molecule has 3 N–H and O–H groups in total. The van der Waals surface area contributed by atoms with Gasteiger partial charge in [0, 0.05) is 26.7 Å². The minimum Gasteiger partial charge on any atom is -0.391 e. The molecule has 1 aliphatic heterocycles. The summed E-state index contributed by atoms with van der Waals surface area (Å²) < 4.78 is 5.34. The molecule has 0 bridgehead atoms. The van der Waals surface area contributed by atoms with Crippen molar-refractivity contribution in [1.29, 1.82) is 0 Å². The summed E-state index contributed by atoms with van der Waals surface area (Å²) >= 11 is 0. The monoisotopic (exact) mass is 296 g/mol. The third-order valence-corrected chi connectivity index (χ3v) is 3.38. The van der Waals surface area contributed by atoms with E-state index in [4.69, 9.17) is 4.74 Å². The Kier molecular flexibility index (Phi) is 5.51. The number of ether oxygens (including phenoxy) is 1. The van der Waals surface area contributed by atoms with E-state index in [1.54, 1.807) is 7.05 Å². The molecule has 0 radical (unpaired) electrons. The Labute approximate surface area is 125 Å². The van der Waals surface area contributed by atoms with Crippen molar-refractivity contribution in [2.24, 2.45) is 5.92 Å². The number of hydrogen-bond acceptors (Lipinski definition) is 8. The van der Waals surface area contributed by atoms with E-state index in [9.17, 15) is 5.11 Å². The molecule has 8 heteroatoms. The van der Waals surface area contributed by atoms with Gasteiger partial charge in [0.1, 0.15) is 0 Å². The number of aromatic nitrogens is 3. The molecule has 1 atom stereocenters. The van der Waals surface area contributed by atoms with Crippen LogP contribution >= 0.6 is 0 Å². The highest BCUT2D eigenvalue weighted by molar-refractivity contribution is 5.43. The first-order valence-corrected chi connectivity index (χ1v) is 7.28. The zero-order chi connectivity index (χ0) is 15.2. The molecule has 0 aromatic carbocycles. The van der Waals surface area contributed by atoms with E-state index in [0.29, 0.717) is 37.6 Å². The molecule has 0 aliphatic carbocycles. The minimum atomic E-state index is -0.438. The summed E-state index contributed by atoms with van der Waals surface area (Å²) in [5.41, 5.74) is 0. The number of nitrogens with zero attached hydrogens (tertiary/aromatic N) is 4. The van der Waals surface area contributed by atoms with Crippen LogP contribution in [0.15, 0.2) is 0 Å². The maximum absolute atomic E-state index is 9.86. The van der Waals surface area contributed by atoms with Crippen LogP contribution < -0.4 is 15.5 Å². The van der Waals surface area contributed by atoms with Crippen molar-refractivity contribution in [2.45, 2.75) is 20.0 Å². The predicted molar refractivity (Wildman–Crippen MR) is 81.7 cm³/mol. The van der Waals surface area contributed by atoms with Gasteiger partial charge in [-0.2, -0.15) is 15.0 Å². The van der Waals surface area contributed by atoms with Crippen molar-refractivity contribution in [2.75, 3.05) is 55.4 Å². The van der Waals surface area contributed by atoms with Gasteiger partial charge in [-0.15, -0.1) is 0 Å². The van der Waals surface area contributed by atoms with Crippen LogP contribution in [0.3, 0.4) is 0 Å². The zero-order valence-corrected chi connectivity index (χ0v) is 12.8. The van der Waals surface area contributed by atoms with Gasteiger partial charge in [0.25, 0.3) is 0 Å². The van der Waals surface area contributed by atoms with E-state index >= 15 is 0 Å². The van der Waals surface area contributed by atoms with Gasteiger partial charge >= 0.3 is 0 Å². The first-order valence-electron chi connectivity index (χ1n) is 7.28. The van der Waals surface area contributed by atoms with Crippen molar-refractivity contribution in [3.8, 4) is 0 Å². The number of nitrogens with one attached hydrogen (secondary N) is 2. The second-order valence-electron chi connectivity index (χ2n) is 5.32. The van der Waals surface area contributed by atoms with Gasteiger partial charge in [0.2, 0.25) is 17.8 Å². The lowest BCUT2D eigenvalue weighted by Crippen LogP contribution is -2.37. The molecule has 118 valence electrons. The summed E-state index contributed by atoms with van der Waals surface area (Å²) in [7, 11) is 1.77. The molecular weight excluding hydrogens is 272 g/mol. The van der Waals surface area contributed by atoms with Gasteiger partial charge in [0.15, 0.2) is 0 Å². The summed E-state index contributed by atoms with van der Waals surface area (Å²) in [4.78, 5) is 15.1. The van der Waals surface area contributed by atoms with Crippen LogP contribution in [0.5, 0.6) is 0 Å². The van der Waals surface area contributed by atoms with E-state index < -0.39 is 6.10 Å². The summed E-state index contributed by atoms with van der Waals surface area (Å²) in [6.07, 6.45) is -0.438. The lowest BCUT2D eigenvalue weighted by molar-refractivity contribution is 0.122. The van der Waals surface area contributed by atoms with Crippen LogP contribution in [0.1, 0.15) is 13.8 Å². The highest BCUT2D eigenvalue weighted by Crippen LogP contribution is 2.15. The van der Waals surface area contributed by atoms with Crippen LogP contribution in [0.4, 0.5) is 17.8 Å². The number of aliphatic hydroxyl groups excluding tert-OH is 1. The molecule has 1 unspecified atom stereocenters. The van der Waals surface area contributed by atoms with Gasteiger partial charge in [-0.05, 0) is 5.92 Å². The Balaban J connectivity index is 2.09. The first kappa shape index (κ1) is 15.7. The van der Waals surface area contributed by atoms with Gasteiger partial charge in [-0.3, -0.25) is 0 Å². The average molecular weight is 296 g/mol. The van der Waals surface area contributed by atoms with Gasteiger partial charge in [-0.25, -0.2) is 0 Å². The second kappa shape index (κ2) is 7.37. The molecule has 1 fully saturated rings. The standard InChI is InChI=1S/C13H24N6O2/c1-9(2)10(20)8-15-12-16-11(14-3)17-13(18-12)19-4-6-21-7-5-19/h9-10,20H,4-8H2,1-3H3,(H2,14,15,16,17,18). The highest BCUT2D eigenvalue weighted by Gasteiger charge is 2.17. The highest BCUT2D eigenvalue weighted by atomic mass is 16.5. The van der Waals surface area contributed by atoms with Crippen molar-refractivity contribution >= 4 is 17.8 Å². The molecule has 1 saturated heterocycles. The Bertz CT molecular complexity index is 450. The molecular formula is C13H24N6O2. The van der Waals surface area contributed by atoms with Gasteiger partial charge in [0.05, 0.1) is 19.3 Å². The smallest absolute Gasteiger partial charge is 0.232 e. The number of aliphatic hydroxyl groups is 1. The Morgan fingerprint density at radius 3 is 2.48 bits per heavy atom. The van der Waals surface area contributed by atoms with E-state index in [1.165, 1.54) is 0 Å². The second-order valence-corrected chi connectivity index (χ2v) is 5.32. The predicted octanol–water partition coefficient (Wildman–Crippen LogP) is 0.179. The number of morpholine rings is 1. The molecule has 1 aromatic rings. The molecule has 0 saturated carbocycles. The van der Waals surface area contributed by atoms with Crippen LogP contribution in [0.25, 0.3) is 0 Å². The SMILES string of the molecule is CNc1nc(NCC(O)C(C)C)nc(N2CCOCC2)n1. The Morgan fingerprint density at radius 2 is 1.86 bits per heavy atom. The fourth-order valence-electron chi connectivity index (χ4n) is 1.89. The fourth-order valence-corrected chi connectivity index (χ4v) is 1.89. The maximum atomic E-state index is 9.86. The van der Waals surface area contributed by atoms with Crippen molar-refractivity contribution in [1.82, 2.24) is 15.0 Å². The minimum absolute atomic E-state index is 0.182. The summed E-state index contributed by atoms with van der Waals surface area (Å²) in [5.74, 6) is 1.78. The molecule has 2 rings (SSSR count). The molecule has 8 nitrogen and oxygen atoms in total. The van der Waals surface area contributed by atoms with Crippen molar-refractivity contribution in [3.63, 3.8) is 0 Å². The van der Waals surface area contributed by atoms with Crippen LogP contribution in [0.2, 0.25) is 0 Å². The lowest BCUT2D eigenvalue weighted by Gasteiger charge is -2.27. The maximum Gasteiger partial charge on any atom is 0.232 e.